The lowest BCUT2D eigenvalue weighted by atomic mass is 10.1. The normalized spacial score (nSPS) is 22.0. The van der Waals surface area contributed by atoms with Crippen molar-refractivity contribution in [2.24, 2.45) is 0 Å². The summed E-state index contributed by atoms with van der Waals surface area (Å²) in [5.41, 5.74) is 1.49. The third-order valence-electron chi connectivity index (χ3n) is 2.05. The highest BCUT2D eigenvalue weighted by Gasteiger charge is 2.07. The number of rotatable bonds is 2. The summed E-state index contributed by atoms with van der Waals surface area (Å²) < 4.78 is 0. The predicted molar refractivity (Wildman–Crippen MR) is 44.1 cm³/mol. The molecule has 0 saturated heterocycles. The van der Waals surface area contributed by atoms with Gasteiger partial charge >= 0.3 is 0 Å². The van der Waals surface area contributed by atoms with Gasteiger partial charge in [-0.1, -0.05) is 6.08 Å². The van der Waals surface area contributed by atoms with Crippen molar-refractivity contribution in [1.82, 2.24) is 10.6 Å². The van der Waals surface area contributed by atoms with E-state index in [1.807, 2.05) is 7.05 Å². The second-order valence-electron chi connectivity index (χ2n) is 2.75. The van der Waals surface area contributed by atoms with E-state index in [4.69, 9.17) is 0 Å². The van der Waals surface area contributed by atoms with E-state index in [-0.39, 0.29) is 0 Å². The maximum absolute atomic E-state index is 3.34. The fourth-order valence-electron chi connectivity index (χ4n) is 1.18. The van der Waals surface area contributed by atoms with Crippen LogP contribution in [-0.2, 0) is 0 Å². The molecule has 1 heterocycles. The summed E-state index contributed by atoms with van der Waals surface area (Å²) in [6.07, 6.45) is 3.51. The smallest absolute Gasteiger partial charge is 0.0260 e. The van der Waals surface area contributed by atoms with Crippen LogP contribution in [0.5, 0.6) is 0 Å². The Morgan fingerprint density at radius 2 is 2.50 bits per heavy atom. The molecule has 1 unspecified atom stereocenters. The summed E-state index contributed by atoms with van der Waals surface area (Å²) in [4.78, 5) is 0. The quantitative estimate of drug-likeness (QED) is 0.546. The fraction of sp³-hybridized carbons (Fsp3) is 0.750. The Morgan fingerprint density at radius 3 is 3.00 bits per heavy atom. The first kappa shape index (κ1) is 7.76. The number of nitrogens with one attached hydrogen (secondary N) is 2. The molecule has 1 aliphatic heterocycles. The molecule has 1 aliphatic rings. The first-order valence-corrected chi connectivity index (χ1v) is 3.91. The molecule has 2 N–H and O–H groups in total. The SMILES string of the molecule is CNC(C)C1=CCCNC1. The van der Waals surface area contributed by atoms with Gasteiger partial charge in [0.1, 0.15) is 0 Å². The van der Waals surface area contributed by atoms with Crippen LogP contribution in [0.1, 0.15) is 13.3 Å². The standard InChI is InChI=1S/C8H16N2/c1-7(9-2)8-4-3-5-10-6-8/h4,7,9-10H,3,5-6H2,1-2H3. The highest BCUT2D eigenvalue weighted by molar-refractivity contribution is 5.13. The summed E-state index contributed by atoms with van der Waals surface area (Å²) in [5, 5.41) is 6.57. The van der Waals surface area contributed by atoms with Crippen LogP contribution in [0, 0.1) is 0 Å². The van der Waals surface area contributed by atoms with Gasteiger partial charge in [-0.2, -0.15) is 0 Å². The van der Waals surface area contributed by atoms with Crippen LogP contribution in [0.4, 0.5) is 0 Å². The van der Waals surface area contributed by atoms with E-state index in [0.29, 0.717) is 6.04 Å². The lowest BCUT2D eigenvalue weighted by molar-refractivity contribution is 0.609. The molecule has 1 atom stereocenters. The molecule has 1 rings (SSSR count). The molecule has 2 nitrogen and oxygen atoms in total. The Hall–Kier alpha value is -0.340. The van der Waals surface area contributed by atoms with Crippen LogP contribution < -0.4 is 10.6 Å². The molecule has 0 radical (unpaired) electrons. The van der Waals surface area contributed by atoms with Crippen LogP contribution in [-0.4, -0.2) is 26.2 Å². The molecule has 0 saturated carbocycles. The van der Waals surface area contributed by atoms with Crippen LogP contribution >= 0.6 is 0 Å². The molecule has 0 amide bonds. The molecule has 0 aromatic carbocycles. The van der Waals surface area contributed by atoms with Crippen LogP contribution in [0.15, 0.2) is 11.6 Å². The van der Waals surface area contributed by atoms with Crippen LogP contribution in [0.25, 0.3) is 0 Å². The van der Waals surface area contributed by atoms with Gasteiger partial charge in [-0.15, -0.1) is 0 Å². The highest BCUT2D eigenvalue weighted by atomic mass is 14.9. The van der Waals surface area contributed by atoms with Crippen molar-refractivity contribution >= 4 is 0 Å². The van der Waals surface area contributed by atoms with Gasteiger partial charge in [0, 0.05) is 12.6 Å². The zero-order chi connectivity index (χ0) is 7.40. The molecule has 0 aliphatic carbocycles. The van der Waals surface area contributed by atoms with Gasteiger partial charge < -0.3 is 10.6 Å². The molecule has 0 spiro atoms. The maximum atomic E-state index is 3.34. The lowest BCUT2D eigenvalue weighted by Crippen LogP contribution is -2.33. The maximum Gasteiger partial charge on any atom is 0.0260 e. The van der Waals surface area contributed by atoms with E-state index in [9.17, 15) is 0 Å². The van der Waals surface area contributed by atoms with Crippen molar-refractivity contribution in [2.75, 3.05) is 20.1 Å². The summed E-state index contributed by atoms with van der Waals surface area (Å²) in [6.45, 7) is 4.39. The summed E-state index contributed by atoms with van der Waals surface area (Å²) in [5.74, 6) is 0. The Balaban J connectivity index is 2.44. The Kier molecular flexibility index (Phi) is 2.90. The second kappa shape index (κ2) is 3.74. The monoisotopic (exact) mass is 140 g/mol. The van der Waals surface area contributed by atoms with E-state index >= 15 is 0 Å². The average molecular weight is 140 g/mol. The van der Waals surface area contributed by atoms with E-state index in [1.54, 1.807) is 0 Å². The highest BCUT2D eigenvalue weighted by Crippen LogP contribution is 2.04. The Morgan fingerprint density at radius 1 is 1.70 bits per heavy atom. The van der Waals surface area contributed by atoms with Crippen LogP contribution in [0.3, 0.4) is 0 Å². The second-order valence-corrected chi connectivity index (χ2v) is 2.75. The van der Waals surface area contributed by atoms with Crippen LogP contribution in [0.2, 0.25) is 0 Å². The zero-order valence-corrected chi connectivity index (χ0v) is 6.78. The van der Waals surface area contributed by atoms with Gasteiger partial charge in [0.2, 0.25) is 0 Å². The molecular formula is C8H16N2. The number of hydrogen-bond donors (Lipinski definition) is 2. The first-order valence-electron chi connectivity index (χ1n) is 3.91. The van der Waals surface area contributed by atoms with Gasteiger partial charge in [-0.05, 0) is 32.5 Å². The predicted octanol–water partition coefficient (Wildman–Crippen LogP) is 0.514. The van der Waals surface area contributed by atoms with Gasteiger partial charge in [-0.3, -0.25) is 0 Å². The summed E-state index contributed by atoms with van der Waals surface area (Å²) >= 11 is 0. The summed E-state index contributed by atoms with van der Waals surface area (Å²) in [7, 11) is 2.00. The molecule has 0 fully saturated rings. The topological polar surface area (TPSA) is 24.1 Å². The molecule has 0 aromatic heterocycles. The largest absolute Gasteiger partial charge is 0.313 e. The molecule has 0 aromatic rings. The minimum atomic E-state index is 0.535. The van der Waals surface area contributed by atoms with Crippen molar-refractivity contribution in [2.45, 2.75) is 19.4 Å². The van der Waals surface area contributed by atoms with Crippen molar-refractivity contribution < 1.29 is 0 Å². The minimum Gasteiger partial charge on any atom is -0.313 e. The van der Waals surface area contributed by atoms with E-state index < -0.39 is 0 Å². The minimum absolute atomic E-state index is 0.535. The van der Waals surface area contributed by atoms with E-state index in [1.165, 1.54) is 12.0 Å². The average Bonchev–Trinajstić information content (AvgIpc) is 2.05. The van der Waals surface area contributed by atoms with Crippen molar-refractivity contribution in [3.63, 3.8) is 0 Å². The molecular weight excluding hydrogens is 124 g/mol. The first-order chi connectivity index (χ1) is 4.84. The van der Waals surface area contributed by atoms with E-state index in [0.717, 1.165) is 13.1 Å². The number of likely N-dealkylation sites (N-methyl/N-ethyl adjacent to an activating group) is 1. The van der Waals surface area contributed by atoms with Gasteiger partial charge in [0.05, 0.1) is 0 Å². The third kappa shape index (κ3) is 1.82. The van der Waals surface area contributed by atoms with Crippen molar-refractivity contribution in [1.29, 1.82) is 0 Å². The molecule has 10 heavy (non-hydrogen) atoms. The van der Waals surface area contributed by atoms with Gasteiger partial charge in [0.25, 0.3) is 0 Å². The Bertz CT molecular complexity index is 129. The van der Waals surface area contributed by atoms with Crippen molar-refractivity contribution in [3.05, 3.63) is 11.6 Å². The van der Waals surface area contributed by atoms with Crippen molar-refractivity contribution in [3.8, 4) is 0 Å². The third-order valence-corrected chi connectivity index (χ3v) is 2.05. The zero-order valence-electron chi connectivity index (χ0n) is 6.78. The van der Waals surface area contributed by atoms with Gasteiger partial charge in [0.15, 0.2) is 0 Å². The van der Waals surface area contributed by atoms with E-state index in [2.05, 4.69) is 23.6 Å². The molecule has 58 valence electrons. The number of hydrogen-bond acceptors (Lipinski definition) is 2. The lowest BCUT2D eigenvalue weighted by Gasteiger charge is -2.19. The fourth-order valence-corrected chi connectivity index (χ4v) is 1.18. The van der Waals surface area contributed by atoms with Gasteiger partial charge in [-0.25, -0.2) is 0 Å². The molecule has 2 heteroatoms. The summed E-state index contributed by atoms with van der Waals surface area (Å²) in [6, 6.07) is 0.535. The molecule has 0 bridgehead atoms. The Labute approximate surface area is 62.7 Å².